The number of piperazine rings is 1. The number of amides is 1. The maximum Gasteiger partial charge on any atom is 0.233 e. The first-order valence-electron chi connectivity index (χ1n) is 5.97. The Morgan fingerprint density at radius 3 is 2.71 bits per heavy atom. The van der Waals surface area contributed by atoms with Gasteiger partial charge in [0.1, 0.15) is 0 Å². The molecule has 0 aromatic heterocycles. The normalized spacial score (nSPS) is 24.8. The van der Waals surface area contributed by atoms with Crippen LogP contribution in [-0.2, 0) is 4.79 Å². The highest BCUT2D eigenvalue weighted by atomic mass is 16.4. The van der Waals surface area contributed by atoms with Crippen LogP contribution < -0.4 is 5.73 Å². The van der Waals surface area contributed by atoms with Crippen LogP contribution in [0, 0.1) is 5.92 Å². The van der Waals surface area contributed by atoms with Crippen molar-refractivity contribution in [2.45, 2.75) is 26.3 Å². The molecular formula is C11H22N4O2. The van der Waals surface area contributed by atoms with E-state index in [0.29, 0.717) is 25.6 Å². The number of carbonyl (C=O) groups is 1. The lowest BCUT2D eigenvalue weighted by Gasteiger charge is -2.38. The van der Waals surface area contributed by atoms with Crippen molar-refractivity contribution in [3.05, 3.63) is 0 Å². The average molecular weight is 242 g/mol. The van der Waals surface area contributed by atoms with E-state index >= 15 is 0 Å². The smallest absolute Gasteiger partial charge is 0.233 e. The fourth-order valence-electron chi connectivity index (χ4n) is 2.05. The fourth-order valence-corrected chi connectivity index (χ4v) is 2.05. The van der Waals surface area contributed by atoms with E-state index < -0.39 is 5.92 Å². The molecule has 1 fully saturated rings. The molecule has 2 unspecified atom stereocenters. The number of rotatable bonds is 3. The minimum absolute atomic E-state index is 0.00378. The van der Waals surface area contributed by atoms with Crippen LogP contribution in [0.15, 0.2) is 5.16 Å². The molecule has 0 aliphatic carbocycles. The second-order valence-corrected chi connectivity index (χ2v) is 4.60. The first kappa shape index (κ1) is 13.8. The number of likely N-dealkylation sites (N-methyl/N-ethyl adjacent to an activating group) is 1. The zero-order valence-electron chi connectivity index (χ0n) is 10.8. The average Bonchev–Trinajstić information content (AvgIpc) is 2.33. The predicted octanol–water partition coefficient (Wildman–Crippen LogP) is -0.0785. The van der Waals surface area contributed by atoms with Gasteiger partial charge in [-0.1, -0.05) is 12.1 Å². The van der Waals surface area contributed by atoms with Gasteiger partial charge < -0.3 is 20.7 Å². The highest BCUT2D eigenvalue weighted by molar-refractivity contribution is 6.02. The summed E-state index contributed by atoms with van der Waals surface area (Å²) in [6.45, 7) is 6.21. The lowest BCUT2D eigenvalue weighted by molar-refractivity contribution is -0.136. The molecule has 6 heteroatoms. The number of hydrogen-bond acceptors (Lipinski definition) is 4. The summed E-state index contributed by atoms with van der Waals surface area (Å²) >= 11 is 0. The molecule has 0 saturated carbocycles. The summed E-state index contributed by atoms with van der Waals surface area (Å²) in [6, 6.07) is 0.345. The third-order valence-corrected chi connectivity index (χ3v) is 3.45. The Labute approximate surface area is 102 Å². The summed E-state index contributed by atoms with van der Waals surface area (Å²) < 4.78 is 0. The number of nitrogens with two attached hydrogens (primary N) is 1. The van der Waals surface area contributed by atoms with Crippen LogP contribution in [-0.4, -0.2) is 59.5 Å². The first-order chi connectivity index (χ1) is 8.01. The van der Waals surface area contributed by atoms with E-state index in [1.165, 1.54) is 0 Å². The number of amidine groups is 1. The van der Waals surface area contributed by atoms with Crippen LogP contribution in [0.25, 0.3) is 0 Å². The van der Waals surface area contributed by atoms with Crippen LogP contribution in [0.2, 0.25) is 0 Å². The van der Waals surface area contributed by atoms with Crippen molar-refractivity contribution in [3.63, 3.8) is 0 Å². The van der Waals surface area contributed by atoms with Crippen molar-refractivity contribution in [1.29, 1.82) is 0 Å². The van der Waals surface area contributed by atoms with Gasteiger partial charge in [0.05, 0.1) is 5.92 Å². The number of hydrogen-bond donors (Lipinski definition) is 2. The standard InChI is InChI=1S/C11H22N4O2/c1-4-9(10(12)13-17)11(16)15-6-5-14(3)8(2)7-15/h8-9,17H,4-7H2,1-3H3,(H2,12,13). The Morgan fingerprint density at radius 2 is 2.24 bits per heavy atom. The van der Waals surface area contributed by atoms with Crippen molar-refractivity contribution in [2.75, 3.05) is 26.7 Å². The highest BCUT2D eigenvalue weighted by Crippen LogP contribution is 2.13. The van der Waals surface area contributed by atoms with E-state index in [9.17, 15) is 4.79 Å². The molecule has 1 aliphatic rings. The first-order valence-corrected chi connectivity index (χ1v) is 5.97. The molecule has 1 amide bonds. The van der Waals surface area contributed by atoms with Gasteiger partial charge in [-0.15, -0.1) is 0 Å². The molecule has 0 aromatic rings. The molecule has 0 aromatic carbocycles. The van der Waals surface area contributed by atoms with E-state index in [1.807, 2.05) is 14.0 Å². The molecule has 0 spiro atoms. The van der Waals surface area contributed by atoms with Crippen molar-refractivity contribution in [1.82, 2.24) is 9.80 Å². The molecule has 0 radical (unpaired) electrons. The number of nitrogens with zero attached hydrogens (tertiary/aromatic N) is 3. The molecular weight excluding hydrogens is 220 g/mol. The third kappa shape index (κ3) is 3.09. The van der Waals surface area contributed by atoms with Crippen LogP contribution in [0.1, 0.15) is 20.3 Å². The number of carbonyl (C=O) groups excluding carboxylic acids is 1. The summed E-state index contributed by atoms with van der Waals surface area (Å²) in [5.74, 6) is -0.539. The van der Waals surface area contributed by atoms with Gasteiger partial charge in [0, 0.05) is 25.7 Å². The second kappa shape index (κ2) is 5.86. The maximum atomic E-state index is 12.2. The van der Waals surface area contributed by atoms with Crippen molar-refractivity contribution in [3.8, 4) is 0 Å². The molecule has 1 saturated heterocycles. The Morgan fingerprint density at radius 1 is 1.59 bits per heavy atom. The van der Waals surface area contributed by atoms with E-state index in [2.05, 4.69) is 17.0 Å². The topological polar surface area (TPSA) is 82.2 Å². The van der Waals surface area contributed by atoms with Gasteiger partial charge in [-0.25, -0.2) is 0 Å². The molecule has 1 rings (SSSR count). The van der Waals surface area contributed by atoms with Gasteiger partial charge in [0.2, 0.25) is 5.91 Å². The van der Waals surface area contributed by atoms with Gasteiger partial charge >= 0.3 is 0 Å². The zero-order valence-corrected chi connectivity index (χ0v) is 10.8. The van der Waals surface area contributed by atoms with Crippen LogP contribution in [0.3, 0.4) is 0 Å². The zero-order chi connectivity index (χ0) is 13.0. The summed E-state index contributed by atoms with van der Waals surface area (Å²) in [6.07, 6.45) is 0.551. The van der Waals surface area contributed by atoms with Gasteiger partial charge in [-0.05, 0) is 20.4 Å². The lowest BCUT2D eigenvalue weighted by atomic mass is 10.0. The molecule has 98 valence electrons. The Balaban J connectivity index is 2.69. The van der Waals surface area contributed by atoms with Gasteiger partial charge in [-0.3, -0.25) is 4.79 Å². The minimum Gasteiger partial charge on any atom is -0.409 e. The summed E-state index contributed by atoms with van der Waals surface area (Å²) in [5.41, 5.74) is 5.54. The largest absolute Gasteiger partial charge is 0.409 e. The second-order valence-electron chi connectivity index (χ2n) is 4.60. The number of oxime groups is 1. The van der Waals surface area contributed by atoms with Crippen molar-refractivity contribution >= 4 is 11.7 Å². The van der Waals surface area contributed by atoms with Gasteiger partial charge in [-0.2, -0.15) is 0 Å². The van der Waals surface area contributed by atoms with Crippen LogP contribution >= 0.6 is 0 Å². The van der Waals surface area contributed by atoms with Crippen LogP contribution in [0.5, 0.6) is 0 Å². The summed E-state index contributed by atoms with van der Waals surface area (Å²) in [5, 5.41) is 11.6. The molecule has 1 aliphatic heterocycles. The van der Waals surface area contributed by atoms with E-state index in [0.717, 1.165) is 6.54 Å². The van der Waals surface area contributed by atoms with E-state index in [1.54, 1.807) is 4.90 Å². The monoisotopic (exact) mass is 242 g/mol. The van der Waals surface area contributed by atoms with Crippen LogP contribution in [0.4, 0.5) is 0 Å². The van der Waals surface area contributed by atoms with E-state index in [-0.39, 0.29) is 11.7 Å². The molecule has 0 bridgehead atoms. The lowest BCUT2D eigenvalue weighted by Crippen LogP contribution is -2.54. The highest BCUT2D eigenvalue weighted by Gasteiger charge is 2.30. The summed E-state index contributed by atoms with van der Waals surface area (Å²) in [7, 11) is 2.05. The Bertz CT molecular complexity index is 306. The molecule has 1 heterocycles. The van der Waals surface area contributed by atoms with Gasteiger partial charge in [0.25, 0.3) is 0 Å². The van der Waals surface area contributed by atoms with Crippen molar-refractivity contribution < 1.29 is 10.0 Å². The predicted molar refractivity (Wildman–Crippen MR) is 65.9 cm³/mol. The Kier molecular flexibility index (Phi) is 4.74. The third-order valence-electron chi connectivity index (χ3n) is 3.45. The Hall–Kier alpha value is -1.30. The minimum atomic E-state index is -0.504. The fraction of sp³-hybridized carbons (Fsp3) is 0.818. The van der Waals surface area contributed by atoms with Gasteiger partial charge in [0.15, 0.2) is 5.84 Å². The molecule has 3 N–H and O–H groups in total. The molecule has 2 atom stereocenters. The maximum absolute atomic E-state index is 12.2. The molecule has 17 heavy (non-hydrogen) atoms. The SMILES string of the molecule is CCC(C(=O)N1CCN(C)C(C)C1)/C(N)=N/O. The quantitative estimate of drug-likeness (QED) is 0.314. The van der Waals surface area contributed by atoms with E-state index in [4.69, 9.17) is 10.9 Å². The molecule has 6 nitrogen and oxygen atoms in total. The van der Waals surface area contributed by atoms with Crippen molar-refractivity contribution in [2.24, 2.45) is 16.8 Å². The summed E-state index contributed by atoms with van der Waals surface area (Å²) in [4.78, 5) is 16.2.